The van der Waals surface area contributed by atoms with Crippen LogP contribution in [0, 0.1) is 23.7 Å². The molecule has 2 aromatic rings. The highest BCUT2D eigenvalue weighted by atomic mass is 19.3. The van der Waals surface area contributed by atoms with E-state index in [0.717, 1.165) is 0 Å². The Kier molecular flexibility index (Phi) is 6.69. The van der Waals surface area contributed by atoms with E-state index >= 15 is 0 Å². The summed E-state index contributed by atoms with van der Waals surface area (Å²) in [6.45, 7) is 4.31. The molecule has 0 spiro atoms. The van der Waals surface area contributed by atoms with Crippen molar-refractivity contribution in [2.75, 3.05) is 13.2 Å². The van der Waals surface area contributed by atoms with E-state index in [2.05, 4.69) is 11.8 Å². The van der Waals surface area contributed by atoms with E-state index in [1.165, 1.54) is 48.5 Å². The van der Waals surface area contributed by atoms with Crippen molar-refractivity contribution in [1.29, 1.82) is 0 Å². The van der Waals surface area contributed by atoms with E-state index in [-0.39, 0.29) is 11.1 Å². The predicted octanol–water partition coefficient (Wildman–Crippen LogP) is 6.10. The number of allylic oxidation sites excluding steroid dienone is 2. The van der Waals surface area contributed by atoms with Gasteiger partial charge in [0.1, 0.15) is 11.5 Å². The van der Waals surface area contributed by atoms with Gasteiger partial charge < -0.3 is 9.47 Å². The molecule has 3 rings (SSSR count). The van der Waals surface area contributed by atoms with Crippen molar-refractivity contribution in [3.63, 3.8) is 0 Å². The Labute approximate surface area is 187 Å². The largest absolute Gasteiger partial charge is 0.494 e. The fourth-order valence-corrected chi connectivity index (χ4v) is 2.98. The number of rotatable bonds is 4. The zero-order valence-corrected chi connectivity index (χ0v) is 17.6. The van der Waals surface area contributed by atoms with E-state index < -0.39 is 28.9 Å². The summed E-state index contributed by atoms with van der Waals surface area (Å²) in [5.74, 6) is -6.98. The van der Waals surface area contributed by atoms with Crippen LogP contribution in [0.25, 0.3) is 0 Å². The third kappa shape index (κ3) is 4.52. The number of alkyl halides is 6. The number of ether oxygens (including phenoxy) is 2. The Bertz CT molecular complexity index is 1070. The molecule has 0 fully saturated rings. The summed E-state index contributed by atoms with van der Waals surface area (Å²) < 4.78 is 96.0. The molecule has 0 bridgehead atoms. The van der Waals surface area contributed by atoms with Crippen LogP contribution in [0.3, 0.4) is 0 Å². The van der Waals surface area contributed by atoms with Gasteiger partial charge >= 0.3 is 17.8 Å². The fraction of sp³-hybridized carbons (Fsp3) is 0.280. The Morgan fingerprint density at radius 2 is 0.909 bits per heavy atom. The molecule has 0 atom stereocenters. The van der Waals surface area contributed by atoms with Crippen LogP contribution in [0.5, 0.6) is 11.5 Å². The van der Waals surface area contributed by atoms with Crippen molar-refractivity contribution < 1.29 is 35.8 Å². The molecule has 0 amide bonds. The van der Waals surface area contributed by atoms with Crippen LogP contribution in [0.4, 0.5) is 26.3 Å². The Hall–Kier alpha value is -3.52. The maximum absolute atomic E-state index is 14.4. The summed E-state index contributed by atoms with van der Waals surface area (Å²) in [5.41, 5.74) is -3.10. The second-order valence-electron chi connectivity index (χ2n) is 6.89. The molecule has 0 aliphatic heterocycles. The second-order valence-corrected chi connectivity index (χ2v) is 6.89. The molecule has 0 saturated carbocycles. The highest BCUT2D eigenvalue weighted by Crippen LogP contribution is 2.58. The van der Waals surface area contributed by atoms with Gasteiger partial charge in [0.25, 0.3) is 0 Å². The zero-order valence-electron chi connectivity index (χ0n) is 17.6. The maximum Gasteiger partial charge on any atom is 0.382 e. The van der Waals surface area contributed by atoms with Gasteiger partial charge in [-0.2, -0.15) is 26.3 Å². The molecule has 1 aliphatic rings. The van der Waals surface area contributed by atoms with Gasteiger partial charge in [-0.15, -0.1) is 0 Å². The lowest BCUT2D eigenvalue weighted by molar-refractivity contribution is -0.263. The van der Waals surface area contributed by atoms with E-state index in [1.807, 2.05) is 11.8 Å². The molecule has 2 aromatic carbocycles. The van der Waals surface area contributed by atoms with E-state index in [4.69, 9.17) is 9.47 Å². The van der Waals surface area contributed by atoms with Crippen LogP contribution in [0.15, 0.2) is 59.7 Å². The van der Waals surface area contributed by atoms with Gasteiger partial charge in [0, 0.05) is 11.1 Å². The monoisotopic (exact) mass is 464 g/mol. The molecule has 0 saturated heterocycles. The van der Waals surface area contributed by atoms with Crippen LogP contribution < -0.4 is 9.47 Å². The number of hydrogen-bond donors (Lipinski definition) is 0. The van der Waals surface area contributed by atoms with E-state index in [0.29, 0.717) is 24.7 Å². The average molecular weight is 464 g/mol. The molecule has 33 heavy (non-hydrogen) atoms. The first kappa shape index (κ1) is 24.1. The minimum absolute atomic E-state index is 0.152. The second kappa shape index (κ2) is 9.15. The van der Waals surface area contributed by atoms with Crippen molar-refractivity contribution in [3.8, 4) is 35.2 Å². The SMILES string of the molecule is CCOc1ccc(C#CC2=C(C#Cc3ccc(OCC)cc3)C(F)(F)C(F)(F)C2(F)F)cc1. The number of hydrogen-bond acceptors (Lipinski definition) is 2. The molecular weight excluding hydrogens is 446 g/mol. The van der Waals surface area contributed by atoms with Crippen molar-refractivity contribution in [2.24, 2.45) is 0 Å². The van der Waals surface area contributed by atoms with E-state index in [1.54, 1.807) is 13.8 Å². The van der Waals surface area contributed by atoms with E-state index in [9.17, 15) is 26.3 Å². The van der Waals surface area contributed by atoms with Crippen LogP contribution in [-0.4, -0.2) is 31.0 Å². The van der Waals surface area contributed by atoms with Crippen LogP contribution in [-0.2, 0) is 0 Å². The first-order valence-corrected chi connectivity index (χ1v) is 9.93. The summed E-state index contributed by atoms with van der Waals surface area (Å²) in [4.78, 5) is 0. The summed E-state index contributed by atoms with van der Waals surface area (Å²) >= 11 is 0. The van der Waals surface area contributed by atoms with Crippen molar-refractivity contribution >= 4 is 0 Å². The summed E-state index contributed by atoms with van der Waals surface area (Å²) in [6.07, 6.45) is 0. The quantitative estimate of drug-likeness (QED) is 0.402. The van der Waals surface area contributed by atoms with Gasteiger partial charge in [0.05, 0.1) is 24.4 Å². The molecule has 0 radical (unpaired) electrons. The minimum Gasteiger partial charge on any atom is -0.494 e. The van der Waals surface area contributed by atoms with Gasteiger partial charge in [0.15, 0.2) is 0 Å². The Morgan fingerprint density at radius 1 is 0.576 bits per heavy atom. The Balaban J connectivity index is 2.05. The summed E-state index contributed by atoms with van der Waals surface area (Å²) in [5, 5.41) is 0. The van der Waals surface area contributed by atoms with Crippen LogP contribution in [0.1, 0.15) is 25.0 Å². The summed E-state index contributed by atoms with van der Waals surface area (Å²) in [6, 6.07) is 11.5. The minimum atomic E-state index is -5.67. The molecule has 0 unspecified atom stereocenters. The molecule has 8 heteroatoms. The predicted molar refractivity (Wildman–Crippen MR) is 111 cm³/mol. The molecule has 0 heterocycles. The number of benzene rings is 2. The first-order valence-electron chi connectivity index (χ1n) is 9.93. The lowest BCUT2D eigenvalue weighted by atomic mass is 10.1. The molecule has 1 aliphatic carbocycles. The molecule has 0 N–H and O–H groups in total. The van der Waals surface area contributed by atoms with Crippen molar-refractivity contribution in [1.82, 2.24) is 0 Å². The third-order valence-electron chi connectivity index (χ3n) is 4.66. The van der Waals surface area contributed by atoms with Gasteiger partial charge in [-0.25, -0.2) is 0 Å². The normalized spacial score (nSPS) is 17.5. The fourth-order valence-electron chi connectivity index (χ4n) is 2.98. The van der Waals surface area contributed by atoms with Crippen LogP contribution in [0.2, 0.25) is 0 Å². The third-order valence-corrected chi connectivity index (χ3v) is 4.66. The first-order chi connectivity index (χ1) is 15.5. The summed E-state index contributed by atoms with van der Waals surface area (Å²) in [7, 11) is 0. The standard InChI is InChI=1S/C25H18F6O2/c1-3-32-19-11-5-17(6-12-19)9-15-21-22(24(28,29)25(30,31)23(21,26)27)16-10-18-7-13-20(14-8-18)33-4-2/h5-8,11-14H,3-4H2,1-2H3. The highest BCUT2D eigenvalue weighted by Gasteiger charge is 2.80. The maximum atomic E-state index is 14.4. The molecule has 2 nitrogen and oxygen atoms in total. The zero-order chi connectivity index (χ0) is 24.3. The molecular formula is C25H18F6O2. The Morgan fingerprint density at radius 3 is 1.21 bits per heavy atom. The van der Waals surface area contributed by atoms with Crippen LogP contribution >= 0.6 is 0 Å². The lowest BCUT2D eigenvalue weighted by Gasteiger charge is -2.24. The smallest absolute Gasteiger partial charge is 0.382 e. The van der Waals surface area contributed by atoms with Gasteiger partial charge in [0.2, 0.25) is 0 Å². The highest BCUT2D eigenvalue weighted by molar-refractivity contribution is 5.60. The van der Waals surface area contributed by atoms with Gasteiger partial charge in [-0.05, 0) is 62.4 Å². The van der Waals surface area contributed by atoms with Crippen molar-refractivity contribution in [2.45, 2.75) is 31.6 Å². The van der Waals surface area contributed by atoms with Gasteiger partial charge in [-0.1, -0.05) is 23.7 Å². The lowest BCUT2D eigenvalue weighted by Crippen LogP contribution is -2.49. The average Bonchev–Trinajstić information content (AvgIpc) is 2.87. The molecule has 0 aromatic heterocycles. The molecule has 172 valence electrons. The van der Waals surface area contributed by atoms with Gasteiger partial charge in [-0.3, -0.25) is 0 Å². The topological polar surface area (TPSA) is 18.5 Å². The van der Waals surface area contributed by atoms with Crippen molar-refractivity contribution in [3.05, 3.63) is 70.8 Å². The number of halogens is 6.